The molecule has 0 saturated carbocycles. The molecule has 0 spiro atoms. The van der Waals surface area contributed by atoms with Crippen LogP contribution in [0.4, 0.5) is 11.8 Å². The maximum absolute atomic E-state index is 9.51. The number of nitrogen functional groups attached to an aromatic ring is 1. The molecule has 0 aromatic carbocycles. The molecule has 9 nitrogen and oxygen atoms in total. The van der Waals surface area contributed by atoms with Crippen molar-refractivity contribution >= 4 is 11.8 Å². The van der Waals surface area contributed by atoms with Gasteiger partial charge >= 0.3 is 0 Å². The van der Waals surface area contributed by atoms with E-state index in [-0.39, 0.29) is 18.6 Å². The summed E-state index contributed by atoms with van der Waals surface area (Å²) in [5.74, 6) is 1.58. The number of nitrogens with two attached hydrogens (primary N) is 1. The summed E-state index contributed by atoms with van der Waals surface area (Å²) < 4.78 is 11.6. The van der Waals surface area contributed by atoms with E-state index >= 15 is 0 Å². The number of fused-ring (bicyclic) bond motifs is 1. The molecule has 3 N–H and O–H groups in total. The molecule has 2 atom stereocenters. The maximum atomic E-state index is 9.51. The second-order valence-electron chi connectivity index (χ2n) is 7.14. The maximum Gasteiger partial charge on any atom is 0.219 e. The van der Waals surface area contributed by atoms with Crippen molar-refractivity contribution < 1.29 is 14.6 Å². The molecule has 2 aliphatic heterocycles. The summed E-state index contributed by atoms with van der Waals surface area (Å²) >= 11 is 0. The number of aliphatic hydroxyl groups is 1. The van der Waals surface area contributed by atoms with Gasteiger partial charge in [-0.3, -0.25) is 0 Å². The van der Waals surface area contributed by atoms with Gasteiger partial charge in [0.15, 0.2) is 5.82 Å². The Morgan fingerprint density at radius 2 is 2.11 bits per heavy atom. The lowest BCUT2D eigenvalue weighted by Crippen LogP contribution is -2.44. The fourth-order valence-corrected chi connectivity index (χ4v) is 3.61. The van der Waals surface area contributed by atoms with Crippen molar-refractivity contribution in [1.29, 1.82) is 0 Å². The number of morpholine rings is 1. The third-order valence-corrected chi connectivity index (χ3v) is 5.18. The molecule has 2 aromatic rings. The van der Waals surface area contributed by atoms with Crippen LogP contribution < -0.4 is 10.6 Å². The Labute approximate surface area is 157 Å². The topological polar surface area (TPSA) is 120 Å². The van der Waals surface area contributed by atoms with Crippen molar-refractivity contribution in [3.63, 3.8) is 0 Å². The van der Waals surface area contributed by atoms with Crippen LogP contribution in [-0.4, -0.2) is 57.4 Å². The number of aliphatic hydroxyl groups excluding tert-OH is 1. The molecule has 0 radical (unpaired) electrons. The number of rotatable bonds is 4. The van der Waals surface area contributed by atoms with E-state index in [1.165, 1.54) is 0 Å². The molecule has 0 unspecified atom stereocenters. The lowest BCUT2D eigenvalue weighted by atomic mass is 9.96. The van der Waals surface area contributed by atoms with Crippen LogP contribution in [0.25, 0.3) is 11.4 Å². The minimum atomic E-state index is -0.652. The third-order valence-electron chi connectivity index (χ3n) is 5.18. The van der Waals surface area contributed by atoms with Crippen molar-refractivity contribution in [3.8, 4) is 11.4 Å². The van der Waals surface area contributed by atoms with E-state index < -0.39 is 5.60 Å². The Balaban J connectivity index is 1.86. The largest absolute Gasteiger partial charge is 0.396 e. The van der Waals surface area contributed by atoms with E-state index in [9.17, 15) is 5.11 Å². The SMILES string of the molecule is C[C@H]1COCCN1c1nc(-c2cnc(N)nc2)nc2c1CO[C@@]2(C)CCO. The molecule has 2 aliphatic rings. The highest BCUT2D eigenvalue weighted by Gasteiger charge is 2.41. The van der Waals surface area contributed by atoms with Gasteiger partial charge in [0.2, 0.25) is 5.95 Å². The fraction of sp³-hybridized carbons (Fsp3) is 0.556. The normalized spacial score (nSPS) is 24.9. The third kappa shape index (κ3) is 3.22. The van der Waals surface area contributed by atoms with Crippen LogP contribution >= 0.6 is 0 Å². The number of hydrogen-bond acceptors (Lipinski definition) is 9. The molecule has 144 valence electrons. The molecule has 2 aromatic heterocycles. The van der Waals surface area contributed by atoms with E-state index in [2.05, 4.69) is 21.8 Å². The van der Waals surface area contributed by atoms with E-state index in [1.54, 1.807) is 12.4 Å². The van der Waals surface area contributed by atoms with Crippen LogP contribution in [0.2, 0.25) is 0 Å². The summed E-state index contributed by atoms with van der Waals surface area (Å²) in [4.78, 5) is 20.0. The number of hydrogen-bond donors (Lipinski definition) is 2. The van der Waals surface area contributed by atoms with Crippen LogP contribution in [0.15, 0.2) is 12.4 Å². The molecule has 4 rings (SSSR count). The van der Waals surface area contributed by atoms with Gasteiger partial charge in [0.25, 0.3) is 0 Å². The standard InChI is InChI=1S/C18H24N6O3/c1-11-9-26-6-4-24(11)16-13-10-27-18(2,3-5-25)14(13)22-15(23-16)12-7-20-17(19)21-8-12/h7-8,11,25H,3-6,9-10H2,1-2H3,(H2,19,20,21)/t11-,18-/m0/s1. The van der Waals surface area contributed by atoms with E-state index in [0.29, 0.717) is 37.6 Å². The molecule has 1 fully saturated rings. The molecule has 1 saturated heterocycles. The summed E-state index contributed by atoms with van der Waals surface area (Å²) in [6.45, 7) is 6.55. The smallest absolute Gasteiger partial charge is 0.219 e. The Hall–Kier alpha value is -2.36. The predicted octanol–water partition coefficient (Wildman–Crippen LogP) is 0.869. The highest BCUT2D eigenvalue weighted by Crippen LogP contribution is 2.42. The second kappa shape index (κ2) is 6.99. The molecule has 0 amide bonds. The minimum Gasteiger partial charge on any atom is -0.396 e. The van der Waals surface area contributed by atoms with Crippen molar-refractivity contribution in [2.45, 2.75) is 38.5 Å². The average Bonchev–Trinajstić information content (AvgIpc) is 2.99. The lowest BCUT2D eigenvalue weighted by Gasteiger charge is -2.35. The highest BCUT2D eigenvalue weighted by atomic mass is 16.5. The summed E-state index contributed by atoms with van der Waals surface area (Å²) in [5, 5.41) is 9.51. The molecule has 0 aliphatic carbocycles. The highest BCUT2D eigenvalue weighted by molar-refractivity contribution is 5.61. The summed E-state index contributed by atoms with van der Waals surface area (Å²) in [6.07, 6.45) is 3.71. The fourth-order valence-electron chi connectivity index (χ4n) is 3.61. The Morgan fingerprint density at radius 1 is 1.33 bits per heavy atom. The van der Waals surface area contributed by atoms with Crippen LogP contribution in [0, 0.1) is 0 Å². The van der Waals surface area contributed by atoms with Gasteiger partial charge in [0.1, 0.15) is 11.4 Å². The van der Waals surface area contributed by atoms with Crippen LogP contribution in [-0.2, 0) is 21.7 Å². The van der Waals surface area contributed by atoms with Gasteiger partial charge in [0, 0.05) is 37.5 Å². The summed E-state index contributed by atoms with van der Waals surface area (Å²) in [6, 6.07) is 0.193. The molecular weight excluding hydrogens is 348 g/mol. The average molecular weight is 372 g/mol. The van der Waals surface area contributed by atoms with E-state index in [0.717, 1.165) is 23.6 Å². The zero-order valence-electron chi connectivity index (χ0n) is 15.6. The minimum absolute atomic E-state index is 0.0174. The first-order chi connectivity index (χ1) is 13.0. The zero-order chi connectivity index (χ0) is 19.0. The van der Waals surface area contributed by atoms with Crippen LogP contribution in [0.3, 0.4) is 0 Å². The van der Waals surface area contributed by atoms with Crippen molar-refractivity contribution in [1.82, 2.24) is 19.9 Å². The van der Waals surface area contributed by atoms with Gasteiger partial charge in [-0.15, -0.1) is 0 Å². The van der Waals surface area contributed by atoms with Crippen molar-refractivity contribution in [3.05, 3.63) is 23.7 Å². The van der Waals surface area contributed by atoms with Gasteiger partial charge in [-0.25, -0.2) is 19.9 Å². The number of aromatic nitrogens is 4. The Bertz CT molecular complexity index is 831. The number of nitrogens with zero attached hydrogens (tertiary/aromatic N) is 5. The van der Waals surface area contributed by atoms with Gasteiger partial charge in [-0.2, -0.15) is 0 Å². The van der Waals surface area contributed by atoms with Crippen molar-refractivity contribution in [2.24, 2.45) is 0 Å². The molecule has 27 heavy (non-hydrogen) atoms. The van der Waals surface area contributed by atoms with E-state index in [1.807, 2.05) is 6.92 Å². The molecule has 0 bridgehead atoms. The summed E-state index contributed by atoms with van der Waals surface area (Å²) in [5.41, 5.74) is 7.43. The first kappa shape index (κ1) is 18.0. The molecular formula is C18H24N6O3. The monoisotopic (exact) mass is 372 g/mol. The van der Waals surface area contributed by atoms with Crippen molar-refractivity contribution in [2.75, 3.05) is 37.0 Å². The number of ether oxygens (including phenoxy) is 2. The van der Waals surface area contributed by atoms with Crippen LogP contribution in [0.1, 0.15) is 31.5 Å². The van der Waals surface area contributed by atoms with Gasteiger partial charge in [0.05, 0.1) is 37.1 Å². The first-order valence-electron chi connectivity index (χ1n) is 9.10. The molecule has 4 heterocycles. The lowest BCUT2D eigenvalue weighted by molar-refractivity contribution is -0.0410. The Morgan fingerprint density at radius 3 is 2.81 bits per heavy atom. The summed E-state index contributed by atoms with van der Waals surface area (Å²) in [7, 11) is 0. The van der Waals surface area contributed by atoms with Gasteiger partial charge in [-0.1, -0.05) is 0 Å². The van der Waals surface area contributed by atoms with Gasteiger partial charge in [-0.05, 0) is 13.8 Å². The van der Waals surface area contributed by atoms with Gasteiger partial charge < -0.3 is 25.2 Å². The van der Waals surface area contributed by atoms with Crippen LogP contribution in [0.5, 0.6) is 0 Å². The second-order valence-corrected chi connectivity index (χ2v) is 7.14. The first-order valence-corrected chi connectivity index (χ1v) is 9.10. The Kier molecular flexibility index (Phi) is 4.67. The quantitative estimate of drug-likeness (QED) is 0.805. The van der Waals surface area contributed by atoms with E-state index in [4.69, 9.17) is 25.2 Å². The predicted molar refractivity (Wildman–Crippen MR) is 98.9 cm³/mol. The molecule has 9 heteroatoms. The zero-order valence-corrected chi connectivity index (χ0v) is 15.6. The number of anilines is 2.